The van der Waals surface area contributed by atoms with Crippen molar-refractivity contribution in [2.75, 3.05) is 46.4 Å². The zero-order valence-corrected chi connectivity index (χ0v) is 19.1. The number of nitrogens with zero attached hydrogens (tertiary/aromatic N) is 2. The summed E-state index contributed by atoms with van der Waals surface area (Å²) in [4.78, 5) is 6.71. The molecule has 0 spiro atoms. The van der Waals surface area contributed by atoms with Crippen LogP contribution in [-0.4, -0.2) is 57.3 Å². The molecule has 0 aliphatic carbocycles. The Morgan fingerprint density at radius 2 is 1.76 bits per heavy atom. The van der Waals surface area contributed by atoms with Crippen LogP contribution < -0.4 is 10.6 Å². The molecule has 29 heavy (non-hydrogen) atoms. The number of morpholine rings is 1. The molecule has 2 aromatic rings. The third-order valence-electron chi connectivity index (χ3n) is 4.98. The molecule has 1 heterocycles. The molecule has 1 aliphatic rings. The number of rotatable bonds is 7. The molecule has 1 fully saturated rings. The van der Waals surface area contributed by atoms with Crippen molar-refractivity contribution in [1.82, 2.24) is 15.5 Å². The monoisotopic (exact) mass is 512 g/mol. The van der Waals surface area contributed by atoms with E-state index in [0.717, 1.165) is 50.8 Å². The summed E-state index contributed by atoms with van der Waals surface area (Å²) in [5, 5.41) is 6.80. The largest absolute Gasteiger partial charge is 0.379 e. The Kier molecular flexibility index (Phi) is 10.4. The van der Waals surface area contributed by atoms with Gasteiger partial charge in [-0.2, -0.15) is 0 Å². The van der Waals surface area contributed by atoms with Crippen LogP contribution in [-0.2, 0) is 11.2 Å². The first-order chi connectivity index (χ1) is 13.8. The molecular weight excluding hydrogens is 482 g/mol. The molecule has 1 atom stereocenters. The SMILES string of the molecule is CN=C(NCCc1ccccc1)NCC(c1ccc(F)cc1)N1CCOCC1.I. The third kappa shape index (κ3) is 7.56. The molecule has 1 aliphatic heterocycles. The summed E-state index contributed by atoms with van der Waals surface area (Å²) >= 11 is 0. The molecule has 3 rings (SSSR count). The summed E-state index contributed by atoms with van der Waals surface area (Å²) in [5.74, 6) is 0.562. The topological polar surface area (TPSA) is 48.9 Å². The molecule has 2 N–H and O–H groups in total. The first-order valence-corrected chi connectivity index (χ1v) is 9.82. The van der Waals surface area contributed by atoms with E-state index in [9.17, 15) is 4.39 Å². The van der Waals surface area contributed by atoms with Gasteiger partial charge in [-0.25, -0.2) is 4.39 Å². The van der Waals surface area contributed by atoms with Crippen molar-refractivity contribution >= 4 is 29.9 Å². The predicted octanol–water partition coefficient (Wildman–Crippen LogP) is 3.22. The van der Waals surface area contributed by atoms with Gasteiger partial charge < -0.3 is 15.4 Å². The fourth-order valence-electron chi connectivity index (χ4n) is 3.42. The zero-order valence-electron chi connectivity index (χ0n) is 16.8. The van der Waals surface area contributed by atoms with Gasteiger partial charge in [-0.3, -0.25) is 9.89 Å². The standard InChI is InChI=1S/C22H29FN4O.HI/c1-24-22(25-12-11-18-5-3-2-4-6-18)26-17-21(27-13-15-28-16-14-27)19-7-9-20(23)10-8-19;/h2-10,21H,11-17H2,1H3,(H2,24,25,26);1H. The highest BCUT2D eigenvalue weighted by atomic mass is 127. The lowest BCUT2D eigenvalue weighted by molar-refractivity contribution is 0.0170. The Balaban J connectivity index is 0.00000300. The maximum Gasteiger partial charge on any atom is 0.191 e. The Labute approximate surface area is 189 Å². The van der Waals surface area contributed by atoms with Gasteiger partial charge in [0.2, 0.25) is 0 Å². The molecule has 0 radical (unpaired) electrons. The van der Waals surface area contributed by atoms with Gasteiger partial charge in [-0.1, -0.05) is 42.5 Å². The molecule has 0 bridgehead atoms. The third-order valence-corrected chi connectivity index (χ3v) is 4.98. The molecule has 1 unspecified atom stereocenters. The summed E-state index contributed by atoms with van der Waals surface area (Å²) < 4.78 is 18.9. The van der Waals surface area contributed by atoms with E-state index in [0.29, 0.717) is 6.54 Å². The molecule has 0 amide bonds. The zero-order chi connectivity index (χ0) is 19.6. The minimum atomic E-state index is -0.212. The molecule has 0 saturated carbocycles. The fourth-order valence-corrected chi connectivity index (χ4v) is 3.42. The lowest BCUT2D eigenvalue weighted by Gasteiger charge is -2.35. The number of hydrogen-bond donors (Lipinski definition) is 2. The average molecular weight is 512 g/mol. The van der Waals surface area contributed by atoms with Gasteiger partial charge in [0.15, 0.2) is 5.96 Å². The van der Waals surface area contributed by atoms with Crippen molar-refractivity contribution in [2.45, 2.75) is 12.5 Å². The van der Waals surface area contributed by atoms with Crippen LogP contribution in [0.1, 0.15) is 17.2 Å². The lowest BCUT2D eigenvalue weighted by atomic mass is 10.0. The van der Waals surface area contributed by atoms with E-state index in [1.54, 1.807) is 7.05 Å². The van der Waals surface area contributed by atoms with E-state index in [2.05, 4.69) is 44.8 Å². The van der Waals surface area contributed by atoms with E-state index in [-0.39, 0.29) is 35.8 Å². The van der Waals surface area contributed by atoms with Gasteiger partial charge in [0, 0.05) is 33.2 Å². The van der Waals surface area contributed by atoms with Crippen LogP contribution >= 0.6 is 24.0 Å². The normalized spacial score (nSPS) is 16.0. The van der Waals surface area contributed by atoms with E-state index < -0.39 is 0 Å². The lowest BCUT2D eigenvalue weighted by Crippen LogP contribution is -2.46. The van der Waals surface area contributed by atoms with Gasteiger partial charge in [-0.05, 0) is 29.7 Å². The number of nitrogens with one attached hydrogen (secondary N) is 2. The summed E-state index contributed by atoms with van der Waals surface area (Å²) in [6, 6.07) is 17.3. The van der Waals surface area contributed by atoms with Crippen LogP contribution in [0.4, 0.5) is 4.39 Å². The number of ether oxygens (including phenoxy) is 1. The van der Waals surface area contributed by atoms with Crippen molar-refractivity contribution in [1.29, 1.82) is 0 Å². The minimum Gasteiger partial charge on any atom is -0.379 e. The smallest absolute Gasteiger partial charge is 0.191 e. The van der Waals surface area contributed by atoms with Crippen molar-refractivity contribution in [3.8, 4) is 0 Å². The molecule has 7 heteroatoms. The molecule has 5 nitrogen and oxygen atoms in total. The summed E-state index contributed by atoms with van der Waals surface area (Å²) in [5.41, 5.74) is 2.39. The van der Waals surface area contributed by atoms with Gasteiger partial charge in [0.1, 0.15) is 5.82 Å². The molecular formula is C22H30FIN4O. The maximum atomic E-state index is 13.4. The molecule has 1 saturated heterocycles. The van der Waals surface area contributed by atoms with Gasteiger partial charge >= 0.3 is 0 Å². The van der Waals surface area contributed by atoms with Crippen LogP contribution in [0.5, 0.6) is 0 Å². The highest BCUT2D eigenvalue weighted by Crippen LogP contribution is 2.21. The number of guanidine groups is 1. The first kappa shape index (κ1) is 23.6. The van der Waals surface area contributed by atoms with Gasteiger partial charge in [0.25, 0.3) is 0 Å². The minimum absolute atomic E-state index is 0. The van der Waals surface area contributed by atoms with Gasteiger partial charge in [-0.15, -0.1) is 24.0 Å². The fraction of sp³-hybridized carbons (Fsp3) is 0.409. The van der Waals surface area contributed by atoms with Crippen molar-refractivity contribution in [3.05, 3.63) is 71.5 Å². The molecule has 2 aromatic carbocycles. The number of halogens is 2. The Morgan fingerprint density at radius 3 is 2.41 bits per heavy atom. The van der Waals surface area contributed by atoms with Crippen LogP contribution in [0.2, 0.25) is 0 Å². The van der Waals surface area contributed by atoms with E-state index in [1.807, 2.05) is 18.2 Å². The highest BCUT2D eigenvalue weighted by Gasteiger charge is 2.23. The average Bonchev–Trinajstić information content (AvgIpc) is 2.75. The second-order valence-electron chi connectivity index (χ2n) is 6.83. The van der Waals surface area contributed by atoms with Crippen LogP contribution in [0, 0.1) is 5.82 Å². The number of hydrogen-bond acceptors (Lipinski definition) is 3. The first-order valence-electron chi connectivity index (χ1n) is 9.82. The Bertz CT molecular complexity index is 736. The number of aliphatic imine (C=N–C) groups is 1. The van der Waals surface area contributed by atoms with E-state index in [4.69, 9.17) is 4.74 Å². The van der Waals surface area contributed by atoms with Crippen LogP contribution in [0.3, 0.4) is 0 Å². The molecule has 0 aromatic heterocycles. The summed E-state index contributed by atoms with van der Waals surface area (Å²) in [7, 11) is 1.78. The van der Waals surface area contributed by atoms with E-state index in [1.165, 1.54) is 17.7 Å². The molecule has 158 valence electrons. The summed E-state index contributed by atoms with van der Waals surface area (Å²) in [6.07, 6.45) is 0.937. The number of benzene rings is 2. The van der Waals surface area contributed by atoms with Crippen molar-refractivity contribution in [3.63, 3.8) is 0 Å². The second-order valence-corrected chi connectivity index (χ2v) is 6.83. The predicted molar refractivity (Wildman–Crippen MR) is 126 cm³/mol. The second kappa shape index (κ2) is 12.8. The highest BCUT2D eigenvalue weighted by molar-refractivity contribution is 14.0. The van der Waals surface area contributed by atoms with Gasteiger partial charge in [0.05, 0.1) is 19.3 Å². The van der Waals surface area contributed by atoms with Crippen LogP contribution in [0.25, 0.3) is 0 Å². The quantitative estimate of drug-likeness (QED) is 0.340. The maximum absolute atomic E-state index is 13.4. The van der Waals surface area contributed by atoms with E-state index >= 15 is 0 Å². The van der Waals surface area contributed by atoms with Crippen LogP contribution in [0.15, 0.2) is 59.6 Å². The Morgan fingerprint density at radius 1 is 1.07 bits per heavy atom. The summed E-state index contributed by atoms with van der Waals surface area (Å²) in [6.45, 7) is 4.68. The Hall–Kier alpha value is -1.71. The van der Waals surface area contributed by atoms with Crippen molar-refractivity contribution in [2.24, 2.45) is 4.99 Å². The van der Waals surface area contributed by atoms with Crippen molar-refractivity contribution < 1.29 is 9.13 Å².